The first-order chi connectivity index (χ1) is 7.38. The zero-order valence-corrected chi connectivity index (χ0v) is 8.82. The van der Waals surface area contributed by atoms with Crippen LogP contribution in [0.5, 0.6) is 0 Å². The lowest BCUT2D eigenvalue weighted by Gasteiger charge is -2.52. The number of aromatic nitrogens is 2. The predicted molar refractivity (Wildman–Crippen MR) is 58.8 cm³/mol. The minimum absolute atomic E-state index is 0.572. The Labute approximate surface area is 89.7 Å². The average Bonchev–Trinajstić information content (AvgIpc) is 2.28. The van der Waals surface area contributed by atoms with Crippen molar-refractivity contribution in [1.82, 2.24) is 15.5 Å². The summed E-state index contributed by atoms with van der Waals surface area (Å²) in [6.07, 6.45) is 4.34. The molecule has 0 unspecified atom stereocenters. The molecule has 0 aliphatic carbocycles. The molecule has 2 saturated heterocycles. The Morgan fingerprint density at radius 2 is 2.07 bits per heavy atom. The normalized spacial score (nSPS) is 23.9. The summed E-state index contributed by atoms with van der Waals surface area (Å²) in [7, 11) is 0. The first-order valence-corrected chi connectivity index (χ1v) is 5.61. The molecule has 2 aliphatic rings. The van der Waals surface area contributed by atoms with Crippen LogP contribution >= 0.6 is 0 Å². The third-order valence-electron chi connectivity index (χ3n) is 3.60. The summed E-state index contributed by atoms with van der Waals surface area (Å²) in [5.41, 5.74) is 0.572. The van der Waals surface area contributed by atoms with Gasteiger partial charge < -0.3 is 10.2 Å². The number of hydrogen-bond donors (Lipinski definition) is 1. The molecule has 1 aromatic heterocycles. The first-order valence-electron chi connectivity index (χ1n) is 5.61. The number of piperidine rings is 1. The van der Waals surface area contributed by atoms with E-state index >= 15 is 0 Å². The molecule has 0 amide bonds. The van der Waals surface area contributed by atoms with Crippen molar-refractivity contribution in [2.75, 3.05) is 31.1 Å². The van der Waals surface area contributed by atoms with E-state index in [1.54, 1.807) is 6.20 Å². The maximum atomic E-state index is 4.14. The van der Waals surface area contributed by atoms with Crippen molar-refractivity contribution in [2.24, 2.45) is 5.41 Å². The van der Waals surface area contributed by atoms with Gasteiger partial charge in [-0.2, -0.15) is 5.10 Å². The Morgan fingerprint density at radius 3 is 2.73 bits per heavy atom. The van der Waals surface area contributed by atoms with Gasteiger partial charge in [-0.1, -0.05) is 0 Å². The monoisotopic (exact) mass is 204 g/mol. The number of nitrogens with zero attached hydrogens (tertiary/aromatic N) is 3. The summed E-state index contributed by atoms with van der Waals surface area (Å²) in [6.45, 7) is 4.67. The smallest absolute Gasteiger partial charge is 0.151 e. The van der Waals surface area contributed by atoms with Gasteiger partial charge in [0.2, 0.25) is 0 Å². The molecule has 0 aromatic carbocycles. The lowest BCUT2D eigenvalue weighted by Crippen LogP contribution is -2.60. The SMILES string of the molecule is c1cnnc(N2CC3(CCNCC3)C2)c1. The Bertz CT molecular complexity index is 324. The minimum atomic E-state index is 0.572. The molecule has 0 bridgehead atoms. The zero-order valence-electron chi connectivity index (χ0n) is 8.82. The third kappa shape index (κ3) is 1.59. The number of hydrogen-bond acceptors (Lipinski definition) is 4. The van der Waals surface area contributed by atoms with Crippen LogP contribution in [-0.2, 0) is 0 Å². The zero-order chi connectivity index (χ0) is 10.1. The molecule has 0 radical (unpaired) electrons. The van der Waals surface area contributed by atoms with Gasteiger partial charge in [0.05, 0.1) is 0 Å². The van der Waals surface area contributed by atoms with Gasteiger partial charge in [0.1, 0.15) is 0 Å². The molecule has 2 aliphatic heterocycles. The fraction of sp³-hybridized carbons (Fsp3) is 0.636. The first kappa shape index (κ1) is 9.09. The topological polar surface area (TPSA) is 41.1 Å². The van der Waals surface area contributed by atoms with E-state index in [-0.39, 0.29) is 0 Å². The summed E-state index contributed by atoms with van der Waals surface area (Å²) in [6, 6.07) is 4.00. The maximum Gasteiger partial charge on any atom is 0.151 e. The van der Waals surface area contributed by atoms with Gasteiger partial charge in [-0.25, -0.2) is 0 Å². The quantitative estimate of drug-likeness (QED) is 0.730. The van der Waals surface area contributed by atoms with E-state index in [1.807, 2.05) is 12.1 Å². The molecule has 1 spiro atoms. The Balaban J connectivity index is 1.66. The lowest BCUT2D eigenvalue weighted by atomic mass is 9.72. The second-order valence-electron chi connectivity index (χ2n) is 4.69. The van der Waals surface area contributed by atoms with E-state index < -0.39 is 0 Å². The molecule has 1 N–H and O–H groups in total. The van der Waals surface area contributed by atoms with Crippen LogP contribution in [0.1, 0.15) is 12.8 Å². The van der Waals surface area contributed by atoms with E-state index in [1.165, 1.54) is 25.9 Å². The van der Waals surface area contributed by atoms with Gasteiger partial charge >= 0.3 is 0 Å². The molecule has 4 nitrogen and oxygen atoms in total. The highest BCUT2D eigenvalue weighted by molar-refractivity contribution is 5.41. The molecule has 0 saturated carbocycles. The summed E-state index contributed by atoms with van der Waals surface area (Å²) in [5, 5.41) is 11.5. The van der Waals surface area contributed by atoms with Crippen LogP contribution in [0.25, 0.3) is 0 Å². The molecular formula is C11H16N4. The second-order valence-corrected chi connectivity index (χ2v) is 4.69. The molecule has 2 fully saturated rings. The Morgan fingerprint density at radius 1 is 1.27 bits per heavy atom. The fourth-order valence-corrected chi connectivity index (χ4v) is 2.66. The van der Waals surface area contributed by atoms with Crippen LogP contribution < -0.4 is 10.2 Å². The van der Waals surface area contributed by atoms with Gasteiger partial charge in [0.25, 0.3) is 0 Å². The van der Waals surface area contributed by atoms with Crippen LogP contribution in [0.2, 0.25) is 0 Å². The van der Waals surface area contributed by atoms with Crippen molar-refractivity contribution >= 4 is 5.82 Å². The Kier molecular flexibility index (Phi) is 2.09. The van der Waals surface area contributed by atoms with Crippen LogP contribution in [0, 0.1) is 5.41 Å². The van der Waals surface area contributed by atoms with E-state index in [4.69, 9.17) is 0 Å². The fourth-order valence-electron chi connectivity index (χ4n) is 2.66. The van der Waals surface area contributed by atoms with Crippen molar-refractivity contribution in [3.8, 4) is 0 Å². The van der Waals surface area contributed by atoms with Gasteiger partial charge in [0.15, 0.2) is 5.82 Å². The molecule has 3 heterocycles. The van der Waals surface area contributed by atoms with E-state index in [0.29, 0.717) is 5.41 Å². The summed E-state index contributed by atoms with van der Waals surface area (Å²) < 4.78 is 0. The van der Waals surface area contributed by atoms with Crippen molar-refractivity contribution in [3.63, 3.8) is 0 Å². The van der Waals surface area contributed by atoms with Crippen LogP contribution in [0.4, 0.5) is 5.82 Å². The van der Waals surface area contributed by atoms with Crippen LogP contribution in [0.15, 0.2) is 18.3 Å². The van der Waals surface area contributed by atoms with E-state index in [0.717, 1.165) is 18.9 Å². The molecular weight excluding hydrogens is 188 g/mol. The number of rotatable bonds is 1. The lowest BCUT2D eigenvalue weighted by molar-refractivity contribution is 0.149. The van der Waals surface area contributed by atoms with Crippen molar-refractivity contribution in [2.45, 2.75) is 12.8 Å². The molecule has 80 valence electrons. The van der Waals surface area contributed by atoms with Gasteiger partial charge in [-0.3, -0.25) is 0 Å². The van der Waals surface area contributed by atoms with Crippen molar-refractivity contribution < 1.29 is 0 Å². The van der Waals surface area contributed by atoms with Crippen molar-refractivity contribution in [1.29, 1.82) is 0 Å². The standard InChI is InChI=1S/C11H16N4/c1-2-10(14-13-5-1)15-8-11(9-15)3-6-12-7-4-11/h1-2,5,12H,3-4,6-9H2. The molecule has 1 aromatic rings. The van der Waals surface area contributed by atoms with E-state index in [2.05, 4.69) is 20.4 Å². The maximum absolute atomic E-state index is 4.14. The van der Waals surface area contributed by atoms with E-state index in [9.17, 15) is 0 Å². The predicted octanol–water partition coefficient (Wildman–Crippen LogP) is 0.666. The summed E-state index contributed by atoms with van der Waals surface area (Å²) in [4.78, 5) is 2.33. The largest absolute Gasteiger partial charge is 0.354 e. The molecule has 4 heteroatoms. The average molecular weight is 204 g/mol. The number of nitrogens with one attached hydrogen (secondary N) is 1. The Hall–Kier alpha value is -1.16. The highest BCUT2D eigenvalue weighted by atomic mass is 15.3. The van der Waals surface area contributed by atoms with Crippen LogP contribution in [0.3, 0.4) is 0 Å². The molecule has 15 heavy (non-hydrogen) atoms. The van der Waals surface area contributed by atoms with Crippen LogP contribution in [-0.4, -0.2) is 36.4 Å². The minimum Gasteiger partial charge on any atom is -0.354 e. The summed E-state index contributed by atoms with van der Waals surface area (Å²) in [5.74, 6) is 1.03. The van der Waals surface area contributed by atoms with Crippen molar-refractivity contribution in [3.05, 3.63) is 18.3 Å². The molecule has 3 rings (SSSR count). The second kappa shape index (κ2) is 3.45. The van der Waals surface area contributed by atoms with Gasteiger partial charge in [0, 0.05) is 24.7 Å². The summed E-state index contributed by atoms with van der Waals surface area (Å²) >= 11 is 0. The van der Waals surface area contributed by atoms with Gasteiger partial charge in [-0.05, 0) is 38.1 Å². The highest BCUT2D eigenvalue weighted by Crippen LogP contribution is 2.40. The molecule has 0 atom stereocenters. The number of anilines is 1. The highest BCUT2D eigenvalue weighted by Gasteiger charge is 2.43. The van der Waals surface area contributed by atoms with Gasteiger partial charge in [-0.15, -0.1) is 5.10 Å². The third-order valence-corrected chi connectivity index (χ3v) is 3.60.